The molecule has 0 bridgehead atoms. The van der Waals surface area contributed by atoms with E-state index in [0.29, 0.717) is 11.4 Å². The van der Waals surface area contributed by atoms with Gasteiger partial charge in [0.15, 0.2) is 0 Å². The van der Waals surface area contributed by atoms with Gasteiger partial charge in [0.25, 0.3) is 15.9 Å². The molecule has 0 atom stereocenters. The highest BCUT2D eigenvalue weighted by atomic mass is 127. The van der Waals surface area contributed by atoms with Gasteiger partial charge in [0.2, 0.25) is 0 Å². The lowest BCUT2D eigenvalue weighted by Gasteiger charge is -2.23. The molecule has 1 amide bonds. The van der Waals surface area contributed by atoms with E-state index in [-0.39, 0.29) is 4.90 Å². The Morgan fingerprint density at radius 3 is 2.19 bits per heavy atom. The summed E-state index contributed by atoms with van der Waals surface area (Å²) in [7, 11) is -3.93. The molecule has 3 aromatic rings. The monoisotopic (exact) mass is 547 g/mol. The fourth-order valence-corrected chi connectivity index (χ4v) is 4.62. The molecule has 6 nitrogen and oxygen atoms in total. The van der Waals surface area contributed by atoms with Gasteiger partial charge in [-0.25, -0.2) is 13.8 Å². The summed E-state index contributed by atoms with van der Waals surface area (Å²) in [5.41, 5.74) is 5.36. The molecule has 0 aliphatic carbocycles. The molecular formula is C23H22IN3O3S. The summed E-state index contributed by atoms with van der Waals surface area (Å²) in [6, 6.07) is 22.7. The van der Waals surface area contributed by atoms with E-state index in [9.17, 15) is 13.2 Å². The Bertz CT molecular complexity index is 1180. The van der Waals surface area contributed by atoms with Gasteiger partial charge in [0.05, 0.1) is 16.3 Å². The van der Waals surface area contributed by atoms with E-state index >= 15 is 0 Å². The quantitative estimate of drug-likeness (QED) is 0.272. The Hall–Kier alpha value is -2.72. The Balaban J connectivity index is 1.84. The number of carbonyl (C=O) groups excluding carboxylic acids is 1. The van der Waals surface area contributed by atoms with E-state index in [4.69, 9.17) is 0 Å². The molecule has 3 rings (SSSR count). The first-order valence-corrected chi connectivity index (χ1v) is 12.0. The SMILES string of the molecule is C/C(=N/NC(=O)CN(c1ccc(C)cc1)S(=O)(=O)c1ccccc1)c1ccc(I)cc1. The maximum absolute atomic E-state index is 13.3. The predicted octanol–water partition coefficient (Wildman–Crippen LogP) is 4.34. The average Bonchev–Trinajstić information content (AvgIpc) is 2.77. The molecule has 0 aliphatic heterocycles. The van der Waals surface area contributed by atoms with Crippen molar-refractivity contribution >= 4 is 49.9 Å². The fraction of sp³-hybridized carbons (Fsp3) is 0.130. The third-order valence-electron chi connectivity index (χ3n) is 4.55. The van der Waals surface area contributed by atoms with Crippen LogP contribution in [0.15, 0.2) is 88.9 Å². The fourth-order valence-electron chi connectivity index (χ4n) is 2.81. The van der Waals surface area contributed by atoms with Gasteiger partial charge in [-0.15, -0.1) is 0 Å². The summed E-state index contributed by atoms with van der Waals surface area (Å²) in [5.74, 6) is -0.537. The van der Waals surface area contributed by atoms with Crippen LogP contribution in [0.4, 0.5) is 5.69 Å². The van der Waals surface area contributed by atoms with E-state index in [2.05, 4.69) is 33.1 Å². The molecule has 0 heterocycles. The van der Waals surface area contributed by atoms with Crippen molar-refractivity contribution < 1.29 is 13.2 Å². The number of carbonyl (C=O) groups is 1. The van der Waals surface area contributed by atoms with Gasteiger partial charge < -0.3 is 0 Å². The van der Waals surface area contributed by atoms with Crippen molar-refractivity contribution in [3.05, 3.63) is 93.6 Å². The first-order valence-electron chi connectivity index (χ1n) is 9.51. The van der Waals surface area contributed by atoms with Crippen molar-refractivity contribution in [2.24, 2.45) is 5.10 Å². The second-order valence-corrected chi connectivity index (χ2v) is 10.0. The zero-order valence-electron chi connectivity index (χ0n) is 17.1. The number of hydrogen-bond acceptors (Lipinski definition) is 4. The molecule has 8 heteroatoms. The first kappa shape index (κ1) is 23.0. The zero-order valence-corrected chi connectivity index (χ0v) is 20.1. The minimum absolute atomic E-state index is 0.113. The third-order valence-corrected chi connectivity index (χ3v) is 7.06. The molecule has 0 saturated heterocycles. The molecular weight excluding hydrogens is 525 g/mol. The van der Waals surface area contributed by atoms with Crippen LogP contribution in [0.1, 0.15) is 18.1 Å². The van der Waals surface area contributed by atoms with Crippen LogP contribution in [0.5, 0.6) is 0 Å². The van der Waals surface area contributed by atoms with Gasteiger partial charge in [-0.3, -0.25) is 9.10 Å². The normalized spacial score (nSPS) is 11.8. The van der Waals surface area contributed by atoms with E-state index < -0.39 is 22.5 Å². The number of rotatable bonds is 7. The number of halogens is 1. The highest BCUT2D eigenvalue weighted by molar-refractivity contribution is 14.1. The van der Waals surface area contributed by atoms with Crippen molar-refractivity contribution in [2.75, 3.05) is 10.8 Å². The molecule has 0 aromatic heterocycles. The number of nitrogens with zero attached hydrogens (tertiary/aromatic N) is 2. The number of anilines is 1. The number of hydrogen-bond donors (Lipinski definition) is 1. The van der Waals surface area contributed by atoms with Gasteiger partial charge in [-0.2, -0.15) is 5.10 Å². The minimum Gasteiger partial charge on any atom is -0.271 e. The third kappa shape index (κ3) is 5.92. The van der Waals surface area contributed by atoms with Crippen LogP contribution >= 0.6 is 22.6 Å². The largest absolute Gasteiger partial charge is 0.271 e. The molecule has 0 aliphatic rings. The molecule has 31 heavy (non-hydrogen) atoms. The van der Waals surface area contributed by atoms with Crippen LogP contribution in [0, 0.1) is 10.5 Å². The van der Waals surface area contributed by atoms with Gasteiger partial charge in [-0.05, 0) is 78.4 Å². The predicted molar refractivity (Wildman–Crippen MR) is 132 cm³/mol. The van der Waals surface area contributed by atoms with Gasteiger partial charge >= 0.3 is 0 Å². The summed E-state index contributed by atoms with van der Waals surface area (Å²) in [6.45, 7) is 3.29. The minimum atomic E-state index is -3.93. The molecule has 0 saturated carbocycles. The van der Waals surface area contributed by atoms with E-state index in [1.807, 2.05) is 31.2 Å². The smallest absolute Gasteiger partial charge is 0.264 e. The molecule has 1 N–H and O–H groups in total. The first-order chi connectivity index (χ1) is 14.8. The molecule has 0 unspecified atom stereocenters. The number of benzene rings is 3. The topological polar surface area (TPSA) is 78.8 Å². The molecule has 0 radical (unpaired) electrons. The van der Waals surface area contributed by atoms with E-state index in [1.54, 1.807) is 49.4 Å². The highest BCUT2D eigenvalue weighted by Gasteiger charge is 2.27. The summed E-state index contributed by atoms with van der Waals surface area (Å²) in [4.78, 5) is 12.7. The average molecular weight is 547 g/mol. The summed E-state index contributed by atoms with van der Waals surface area (Å²) in [6.07, 6.45) is 0. The lowest BCUT2D eigenvalue weighted by Crippen LogP contribution is -2.39. The Morgan fingerprint density at radius 2 is 1.58 bits per heavy atom. The van der Waals surface area contributed by atoms with Crippen molar-refractivity contribution in [1.82, 2.24) is 5.43 Å². The zero-order chi connectivity index (χ0) is 22.4. The summed E-state index contributed by atoms with van der Waals surface area (Å²) in [5, 5.41) is 4.13. The highest BCUT2D eigenvalue weighted by Crippen LogP contribution is 2.23. The van der Waals surface area contributed by atoms with Crippen LogP contribution in [0.3, 0.4) is 0 Å². The van der Waals surface area contributed by atoms with E-state index in [1.165, 1.54) is 12.1 Å². The number of amides is 1. The summed E-state index contributed by atoms with van der Waals surface area (Å²) < 4.78 is 28.7. The lowest BCUT2D eigenvalue weighted by atomic mass is 10.1. The Labute approximate surface area is 196 Å². The summed E-state index contributed by atoms with van der Waals surface area (Å²) >= 11 is 2.21. The molecule has 0 fully saturated rings. The van der Waals surface area contributed by atoms with Crippen molar-refractivity contribution in [2.45, 2.75) is 18.7 Å². The van der Waals surface area contributed by atoms with Gasteiger partial charge in [0.1, 0.15) is 6.54 Å². The maximum Gasteiger partial charge on any atom is 0.264 e. The van der Waals surface area contributed by atoms with Gasteiger partial charge in [0, 0.05) is 3.57 Å². The van der Waals surface area contributed by atoms with Crippen LogP contribution < -0.4 is 9.73 Å². The standard InChI is InChI=1S/C23H22IN3O3S/c1-17-8-14-21(15-9-17)27(31(29,30)22-6-4-3-5-7-22)16-23(28)26-25-18(2)19-10-12-20(24)13-11-19/h3-15H,16H2,1-2H3,(H,26,28)/b25-18-. The van der Waals surface area contributed by atoms with Crippen molar-refractivity contribution in [3.8, 4) is 0 Å². The van der Waals surface area contributed by atoms with Crippen LogP contribution in [0.25, 0.3) is 0 Å². The second kappa shape index (κ2) is 10.1. The van der Waals surface area contributed by atoms with Crippen LogP contribution in [0.2, 0.25) is 0 Å². The maximum atomic E-state index is 13.3. The molecule has 0 spiro atoms. The Kier molecular flexibility index (Phi) is 7.45. The van der Waals surface area contributed by atoms with Crippen LogP contribution in [-0.2, 0) is 14.8 Å². The van der Waals surface area contributed by atoms with Crippen LogP contribution in [-0.4, -0.2) is 26.6 Å². The number of sulfonamides is 1. The number of hydrazone groups is 1. The lowest BCUT2D eigenvalue weighted by molar-refractivity contribution is -0.119. The molecule has 3 aromatic carbocycles. The number of aryl methyl sites for hydroxylation is 1. The van der Waals surface area contributed by atoms with Gasteiger partial charge in [-0.1, -0.05) is 48.0 Å². The van der Waals surface area contributed by atoms with Crippen molar-refractivity contribution in [3.63, 3.8) is 0 Å². The Morgan fingerprint density at radius 1 is 0.968 bits per heavy atom. The number of nitrogens with one attached hydrogen (secondary N) is 1. The van der Waals surface area contributed by atoms with Crippen molar-refractivity contribution in [1.29, 1.82) is 0 Å². The molecule has 160 valence electrons. The second-order valence-electron chi connectivity index (χ2n) is 6.90. The van der Waals surface area contributed by atoms with E-state index in [0.717, 1.165) is 19.0 Å².